The van der Waals surface area contributed by atoms with Crippen LogP contribution >= 0.6 is 11.3 Å². The molecule has 4 unspecified atom stereocenters. The number of ether oxygens (including phenoxy) is 1. The number of nitrogens with one attached hydrogen (secondary N) is 1. The normalized spacial score (nSPS) is 23.6. The lowest BCUT2D eigenvalue weighted by Crippen LogP contribution is -2.42. The lowest BCUT2D eigenvalue weighted by Gasteiger charge is -2.28. The number of rotatable bonds is 6. The standard InChI is InChI=1S/C23H24FN3O2S/c1-13(18-9-14-2-3-16(18)8-14)27-20(28)10-29-22-21-19(11-30-23(21)26-12-25-22)15-4-6-17(24)7-5-15/h4-7,11-14,16,18H,2-3,8-10H2,1H3,(H,27,28). The van der Waals surface area contributed by atoms with Gasteiger partial charge in [0.1, 0.15) is 17.0 Å². The Morgan fingerprint density at radius 2 is 2.10 bits per heavy atom. The highest BCUT2D eigenvalue weighted by Crippen LogP contribution is 2.49. The van der Waals surface area contributed by atoms with Crippen molar-refractivity contribution in [1.29, 1.82) is 0 Å². The molecule has 0 radical (unpaired) electrons. The first-order valence-electron chi connectivity index (χ1n) is 10.5. The van der Waals surface area contributed by atoms with Crippen LogP contribution in [-0.4, -0.2) is 28.5 Å². The van der Waals surface area contributed by atoms with Gasteiger partial charge in [0.2, 0.25) is 5.88 Å². The van der Waals surface area contributed by atoms with Crippen molar-refractivity contribution in [3.8, 4) is 17.0 Å². The molecule has 1 amide bonds. The van der Waals surface area contributed by atoms with E-state index in [0.29, 0.717) is 11.8 Å². The Bertz CT molecular complexity index is 1070. The van der Waals surface area contributed by atoms with Gasteiger partial charge in [-0.05, 0) is 61.6 Å². The molecule has 2 aliphatic rings. The number of fused-ring (bicyclic) bond motifs is 3. The fourth-order valence-electron chi connectivity index (χ4n) is 5.24. The average Bonchev–Trinajstić information content (AvgIpc) is 3.48. The van der Waals surface area contributed by atoms with Gasteiger partial charge in [0, 0.05) is 17.0 Å². The maximum absolute atomic E-state index is 13.3. The predicted molar refractivity (Wildman–Crippen MR) is 115 cm³/mol. The molecule has 0 saturated heterocycles. The average molecular weight is 426 g/mol. The largest absolute Gasteiger partial charge is 0.467 e. The molecule has 3 aromatic rings. The molecule has 4 atom stereocenters. The third-order valence-electron chi connectivity index (χ3n) is 6.65. The van der Waals surface area contributed by atoms with Gasteiger partial charge in [-0.3, -0.25) is 4.79 Å². The number of amides is 1. The van der Waals surface area contributed by atoms with Crippen LogP contribution in [0.3, 0.4) is 0 Å². The Balaban J connectivity index is 1.29. The van der Waals surface area contributed by atoms with E-state index < -0.39 is 0 Å². The second kappa shape index (κ2) is 7.95. The highest BCUT2D eigenvalue weighted by Gasteiger charge is 2.42. The van der Waals surface area contributed by atoms with E-state index in [9.17, 15) is 9.18 Å². The number of hydrogen-bond acceptors (Lipinski definition) is 5. The third kappa shape index (κ3) is 3.67. The summed E-state index contributed by atoms with van der Waals surface area (Å²) in [6, 6.07) is 6.45. The number of halogens is 1. The van der Waals surface area contributed by atoms with Crippen molar-refractivity contribution in [3.05, 3.63) is 41.8 Å². The van der Waals surface area contributed by atoms with Crippen molar-refractivity contribution in [2.24, 2.45) is 17.8 Å². The van der Waals surface area contributed by atoms with Gasteiger partial charge in [-0.15, -0.1) is 11.3 Å². The zero-order chi connectivity index (χ0) is 20.7. The molecule has 2 fully saturated rings. The molecule has 2 bridgehead atoms. The molecule has 0 spiro atoms. The quantitative estimate of drug-likeness (QED) is 0.615. The van der Waals surface area contributed by atoms with Gasteiger partial charge < -0.3 is 10.1 Å². The van der Waals surface area contributed by atoms with Crippen molar-refractivity contribution < 1.29 is 13.9 Å². The molecule has 7 heteroatoms. The van der Waals surface area contributed by atoms with Gasteiger partial charge in [0.15, 0.2) is 6.61 Å². The summed E-state index contributed by atoms with van der Waals surface area (Å²) in [4.78, 5) is 21.9. The van der Waals surface area contributed by atoms with Crippen LogP contribution in [0.25, 0.3) is 21.3 Å². The lowest BCUT2D eigenvalue weighted by atomic mass is 9.84. The Morgan fingerprint density at radius 1 is 1.27 bits per heavy atom. The van der Waals surface area contributed by atoms with Crippen LogP contribution in [0.5, 0.6) is 5.88 Å². The van der Waals surface area contributed by atoms with E-state index in [1.54, 1.807) is 12.1 Å². The van der Waals surface area contributed by atoms with Crippen LogP contribution in [0.2, 0.25) is 0 Å². The molecule has 2 aromatic heterocycles. The molecule has 1 N–H and O–H groups in total. The number of benzene rings is 1. The van der Waals surface area contributed by atoms with Crippen LogP contribution in [0.1, 0.15) is 32.6 Å². The van der Waals surface area contributed by atoms with Crippen LogP contribution in [-0.2, 0) is 4.79 Å². The number of aromatic nitrogens is 2. The van der Waals surface area contributed by atoms with E-state index >= 15 is 0 Å². The van der Waals surface area contributed by atoms with Crippen LogP contribution < -0.4 is 10.1 Å². The minimum absolute atomic E-state index is 0.0873. The minimum atomic E-state index is -0.285. The molecule has 2 aliphatic carbocycles. The van der Waals surface area contributed by atoms with Gasteiger partial charge in [-0.2, -0.15) is 0 Å². The van der Waals surface area contributed by atoms with E-state index in [4.69, 9.17) is 4.74 Å². The summed E-state index contributed by atoms with van der Waals surface area (Å²) in [7, 11) is 0. The van der Waals surface area contributed by atoms with Crippen LogP contribution in [0, 0.1) is 23.6 Å². The first-order valence-corrected chi connectivity index (χ1v) is 11.4. The number of hydrogen-bond donors (Lipinski definition) is 1. The van der Waals surface area contributed by atoms with Gasteiger partial charge in [-0.25, -0.2) is 14.4 Å². The number of nitrogens with zero attached hydrogens (tertiary/aromatic N) is 2. The molecular weight excluding hydrogens is 401 g/mol. The van der Waals surface area contributed by atoms with E-state index in [-0.39, 0.29) is 24.4 Å². The predicted octanol–water partition coefficient (Wildman–Crippen LogP) is 4.82. The molecule has 5 nitrogen and oxygen atoms in total. The summed E-state index contributed by atoms with van der Waals surface area (Å²) >= 11 is 1.47. The maximum atomic E-state index is 13.3. The van der Waals surface area contributed by atoms with Gasteiger partial charge in [0.05, 0.1) is 5.39 Å². The van der Waals surface area contributed by atoms with Crippen molar-refractivity contribution in [1.82, 2.24) is 15.3 Å². The summed E-state index contributed by atoms with van der Waals surface area (Å²) in [5.41, 5.74) is 1.73. The van der Waals surface area contributed by atoms with Crippen molar-refractivity contribution in [2.75, 3.05) is 6.61 Å². The first kappa shape index (κ1) is 19.4. The van der Waals surface area contributed by atoms with Crippen LogP contribution in [0.15, 0.2) is 36.0 Å². The molecule has 30 heavy (non-hydrogen) atoms. The summed E-state index contributed by atoms with van der Waals surface area (Å²) in [5.74, 6) is 2.16. The molecular formula is C23H24FN3O2S. The second-order valence-corrected chi connectivity index (χ2v) is 9.36. The summed E-state index contributed by atoms with van der Waals surface area (Å²) in [5, 5.41) is 5.83. The highest BCUT2D eigenvalue weighted by atomic mass is 32.1. The Kier molecular flexibility index (Phi) is 5.15. The van der Waals surface area contributed by atoms with Gasteiger partial charge >= 0.3 is 0 Å². The minimum Gasteiger partial charge on any atom is -0.467 e. The fourth-order valence-corrected chi connectivity index (χ4v) is 6.15. The van der Waals surface area contributed by atoms with E-state index in [2.05, 4.69) is 22.2 Å². The van der Waals surface area contributed by atoms with E-state index in [0.717, 1.165) is 33.2 Å². The highest BCUT2D eigenvalue weighted by molar-refractivity contribution is 7.17. The topological polar surface area (TPSA) is 64.1 Å². The third-order valence-corrected chi connectivity index (χ3v) is 7.54. The Morgan fingerprint density at radius 3 is 2.83 bits per heavy atom. The van der Waals surface area contributed by atoms with Gasteiger partial charge in [-0.1, -0.05) is 18.6 Å². The van der Waals surface area contributed by atoms with E-state index in [1.807, 2.05) is 5.38 Å². The Labute approximate surface area is 178 Å². The summed E-state index contributed by atoms with van der Waals surface area (Å²) < 4.78 is 19.1. The number of thiophene rings is 1. The lowest BCUT2D eigenvalue weighted by molar-refractivity contribution is -0.124. The van der Waals surface area contributed by atoms with Gasteiger partial charge in [0.25, 0.3) is 5.91 Å². The fraction of sp³-hybridized carbons (Fsp3) is 0.435. The van der Waals surface area contributed by atoms with Crippen molar-refractivity contribution in [3.63, 3.8) is 0 Å². The molecule has 5 rings (SSSR count). The molecule has 0 aliphatic heterocycles. The SMILES string of the molecule is CC(NC(=O)COc1ncnc2scc(-c3ccc(F)cc3)c12)C1CC2CCC1C2. The summed E-state index contributed by atoms with van der Waals surface area (Å²) in [6.07, 6.45) is 6.65. The molecule has 1 aromatic carbocycles. The van der Waals surface area contributed by atoms with E-state index in [1.165, 1.54) is 55.5 Å². The molecule has 2 saturated carbocycles. The second-order valence-electron chi connectivity index (χ2n) is 8.50. The maximum Gasteiger partial charge on any atom is 0.258 e. The number of carbonyl (C=O) groups is 1. The Hall–Kier alpha value is -2.54. The first-order chi connectivity index (χ1) is 14.6. The van der Waals surface area contributed by atoms with Crippen LogP contribution in [0.4, 0.5) is 4.39 Å². The smallest absolute Gasteiger partial charge is 0.258 e. The summed E-state index contributed by atoms with van der Waals surface area (Å²) in [6.45, 7) is 2.02. The molecule has 2 heterocycles. The van der Waals surface area contributed by atoms with Crippen molar-refractivity contribution >= 4 is 27.5 Å². The zero-order valence-electron chi connectivity index (χ0n) is 16.8. The van der Waals surface area contributed by atoms with Crippen molar-refractivity contribution in [2.45, 2.75) is 38.6 Å². The monoisotopic (exact) mass is 425 g/mol. The zero-order valence-corrected chi connectivity index (χ0v) is 17.6. The number of carbonyl (C=O) groups excluding carboxylic acids is 1. The molecule has 156 valence electrons.